The van der Waals surface area contributed by atoms with Crippen LogP contribution in [-0.4, -0.2) is 5.11 Å². The third-order valence-electron chi connectivity index (χ3n) is 2.30. The van der Waals surface area contributed by atoms with Crippen molar-refractivity contribution >= 4 is 16.8 Å². The van der Waals surface area contributed by atoms with Crippen LogP contribution >= 0.6 is 0 Å². The van der Waals surface area contributed by atoms with Gasteiger partial charge in [0.1, 0.15) is 16.9 Å². The Morgan fingerprint density at radius 3 is 3.00 bits per heavy atom. The van der Waals surface area contributed by atoms with Crippen molar-refractivity contribution in [3.05, 3.63) is 46.5 Å². The molecule has 0 fully saturated rings. The third kappa shape index (κ3) is 1.84. The summed E-state index contributed by atoms with van der Waals surface area (Å²) in [6.07, 6.45) is 4.54. The van der Waals surface area contributed by atoms with Crippen LogP contribution in [-0.2, 0) is 0 Å². The molecule has 0 radical (unpaired) electrons. The molecule has 0 spiro atoms. The van der Waals surface area contributed by atoms with Crippen LogP contribution < -0.4 is 5.63 Å². The smallest absolute Gasteiger partial charge is 0.347 e. The number of allylic oxidation sites excluding steroid dienone is 1. The van der Waals surface area contributed by atoms with Crippen LogP contribution in [0, 0.1) is 0 Å². The quantitative estimate of drug-likeness (QED) is 0.839. The van der Waals surface area contributed by atoms with Gasteiger partial charge in [-0.2, -0.15) is 0 Å². The maximum Gasteiger partial charge on any atom is 0.347 e. The number of benzene rings is 1. The topological polar surface area (TPSA) is 50.4 Å². The van der Waals surface area contributed by atoms with Gasteiger partial charge in [0.25, 0.3) is 0 Å². The molecule has 2 rings (SSSR count). The fraction of sp³-hybridized carbons (Fsp3) is 0.154. The van der Waals surface area contributed by atoms with Crippen molar-refractivity contribution < 1.29 is 9.52 Å². The molecule has 0 atom stereocenters. The van der Waals surface area contributed by atoms with Crippen LogP contribution in [0.4, 0.5) is 0 Å². The lowest BCUT2D eigenvalue weighted by atomic mass is 10.1. The van der Waals surface area contributed by atoms with Gasteiger partial charge < -0.3 is 9.52 Å². The summed E-state index contributed by atoms with van der Waals surface area (Å²) in [4.78, 5) is 11.6. The summed E-state index contributed by atoms with van der Waals surface area (Å²) in [5, 5.41) is 10.5. The van der Waals surface area contributed by atoms with Crippen molar-refractivity contribution in [2.75, 3.05) is 0 Å². The van der Waals surface area contributed by atoms with Crippen LogP contribution in [0.1, 0.15) is 19.1 Å². The molecule has 0 amide bonds. The van der Waals surface area contributed by atoms with Gasteiger partial charge in [-0.3, -0.25) is 0 Å². The first-order valence-electron chi connectivity index (χ1n) is 5.14. The highest BCUT2D eigenvalue weighted by molar-refractivity contribution is 5.87. The van der Waals surface area contributed by atoms with E-state index >= 15 is 0 Å². The normalized spacial score (nSPS) is 11.3. The number of aromatic hydroxyl groups is 1. The minimum absolute atomic E-state index is 0.0442. The Morgan fingerprint density at radius 1 is 1.44 bits per heavy atom. The fourth-order valence-corrected chi connectivity index (χ4v) is 1.56. The molecule has 0 aliphatic heterocycles. The van der Waals surface area contributed by atoms with E-state index in [1.165, 1.54) is 6.07 Å². The summed E-state index contributed by atoms with van der Waals surface area (Å²) in [7, 11) is 0. The SMILES string of the molecule is CC/C=C/c1cc2cccc(O)c2c(=O)o1. The summed E-state index contributed by atoms with van der Waals surface area (Å²) in [5.41, 5.74) is -0.508. The first kappa shape index (κ1) is 10.5. The zero-order chi connectivity index (χ0) is 11.5. The van der Waals surface area contributed by atoms with Gasteiger partial charge in [-0.15, -0.1) is 0 Å². The largest absolute Gasteiger partial charge is 0.507 e. The molecule has 0 unspecified atom stereocenters. The molecule has 16 heavy (non-hydrogen) atoms. The van der Waals surface area contributed by atoms with Gasteiger partial charge in [-0.05, 0) is 30.0 Å². The molecule has 0 saturated heterocycles. The highest BCUT2D eigenvalue weighted by Crippen LogP contribution is 2.21. The fourth-order valence-electron chi connectivity index (χ4n) is 1.56. The number of fused-ring (bicyclic) bond motifs is 1. The Morgan fingerprint density at radius 2 is 2.25 bits per heavy atom. The predicted octanol–water partition coefficient (Wildman–Crippen LogP) is 2.92. The number of hydrogen-bond donors (Lipinski definition) is 1. The van der Waals surface area contributed by atoms with E-state index in [0.717, 1.165) is 6.42 Å². The zero-order valence-corrected chi connectivity index (χ0v) is 8.93. The van der Waals surface area contributed by atoms with E-state index in [2.05, 4.69) is 0 Å². The lowest BCUT2D eigenvalue weighted by molar-refractivity contribution is 0.472. The standard InChI is InChI=1S/C13H12O3/c1-2-3-6-10-8-9-5-4-7-11(14)12(9)13(15)16-10/h3-8,14H,2H2,1H3/b6-3+. The third-order valence-corrected chi connectivity index (χ3v) is 2.30. The molecule has 0 bridgehead atoms. The van der Waals surface area contributed by atoms with Crippen molar-refractivity contribution in [2.24, 2.45) is 0 Å². The zero-order valence-electron chi connectivity index (χ0n) is 8.93. The first-order chi connectivity index (χ1) is 7.72. The van der Waals surface area contributed by atoms with Gasteiger partial charge >= 0.3 is 5.63 Å². The van der Waals surface area contributed by atoms with Gasteiger partial charge in [0.05, 0.1) is 0 Å². The monoisotopic (exact) mass is 216 g/mol. The Bertz CT molecular complexity index is 594. The molecule has 3 heteroatoms. The Hall–Kier alpha value is -2.03. The van der Waals surface area contributed by atoms with E-state index in [0.29, 0.717) is 11.1 Å². The van der Waals surface area contributed by atoms with Crippen molar-refractivity contribution in [1.29, 1.82) is 0 Å². The van der Waals surface area contributed by atoms with E-state index < -0.39 is 5.63 Å². The Balaban J connectivity index is 2.69. The summed E-state index contributed by atoms with van der Waals surface area (Å²) in [6.45, 7) is 2.00. The van der Waals surface area contributed by atoms with Gasteiger partial charge in [0, 0.05) is 0 Å². The highest BCUT2D eigenvalue weighted by Gasteiger charge is 2.06. The lowest BCUT2D eigenvalue weighted by Gasteiger charge is -2.00. The van der Waals surface area contributed by atoms with E-state index in [9.17, 15) is 9.90 Å². The molecule has 82 valence electrons. The van der Waals surface area contributed by atoms with Crippen LogP contribution in [0.3, 0.4) is 0 Å². The maximum atomic E-state index is 11.6. The summed E-state index contributed by atoms with van der Waals surface area (Å²) in [6, 6.07) is 6.68. The average Bonchev–Trinajstić information content (AvgIpc) is 2.26. The second-order valence-electron chi connectivity index (χ2n) is 3.49. The van der Waals surface area contributed by atoms with Crippen molar-refractivity contribution in [3.8, 4) is 5.75 Å². The second-order valence-corrected chi connectivity index (χ2v) is 3.49. The van der Waals surface area contributed by atoms with E-state index in [1.807, 2.05) is 13.0 Å². The van der Waals surface area contributed by atoms with E-state index in [4.69, 9.17) is 4.42 Å². The van der Waals surface area contributed by atoms with Gasteiger partial charge in [-0.1, -0.05) is 25.1 Å². The molecule has 0 saturated carbocycles. The predicted molar refractivity (Wildman–Crippen MR) is 63.5 cm³/mol. The first-order valence-corrected chi connectivity index (χ1v) is 5.14. The molecule has 1 aromatic heterocycles. The molecule has 1 heterocycles. The Labute approximate surface area is 92.6 Å². The van der Waals surface area contributed by atoms with Crippen LogP contribution in [0.5, 0.6) is 5.75 Å². The van der Waals surface area contributed by atoms with Crippen LogP contribution in [0.2, 0.25) is 0 Å². The summed E-state index contributed by atoms with van der Waals surface area (Å²) >= 11 is 0. The van der Waals surface area contributed by atoms with Crippen LogP contribution in [0.25, 0.3) is 16.8 Å². The van der Waals surface area contributed by atoms with Gasteiger partial charge in [0.15, 0.2) is 0 Å². The van der Waals surface area contributed by atoms with Gasteiger partial charge in [0.2, 0.25) is 0 Å². The molecule has 3 nitrogen and oxygen atoms in total. The molecule has 2 aromatic rings. The van der Waals surface area contributed by atoms with E-state index in [1.54, 1.807) is 24.3 Å². The molecular weight excluding hydrogens is 204 g/mol. The number of phenolic OH excluding ortho intramolecular Hbond substituents is 1. The van der Waals surface area contributed by atoms with Crippen molar-refractivity contribution in [1.82, 2.24) is 0 Å². The second kappa shape index (κ2) is 4.23. The molecule has 1 N–H and O–H groups in total. The lowest BCUT2D eigenvalue weighted by Crippen LogP contribution is -2.00. The van der Waals surface area contributed by atoms with Crippen molar-refractivity contribution in [3.63, 3.8) is 0 Å². The van der Waals surface area contributed by atoms with Gasteiger partial charge in [-0.25, -0.2) is 4.79 Å². The summed E-state index contributed by atoms with van der Waals surface area (Å²) < 4.78 is 5.07. The van der Waals surface area contributed by atoms with Crippen LogP contribution in [0.15, 0.2) is 39.6 Å². The minimum Gasteiger partial charge on any atom is -0.507 e. The Kier molecular flexibility index (Phi) is 2.77. The minimum atomic E-state index is -0.508. The van der Waals surface area contributed by atoms with Crippen molar-refractivity contribution in [2.45, 2.75) is 13.3 Å². The van der Waals surface area contributed by atoms with E-state index in [-0.39, 0.29) is 11.1 Å². The number of hydrogen-bond acceptors (Lipinski definition) is 3. The molecule has 0 aliphatic rings. The summed E-state index contributed by atoms with van der Waals surface area (Å²) in [5.74, 6) is 0.460. The molecule has 1 aromatic carbocycles. The maximum absolute atomic E-state index is 11.6. The molecular formula is C13H12O3. The number of rotatable bonds is 2. The number of phenols is 1. The highest BCUT2D eigenvalue weighted by atomic mass is 16.4. The average molecular weight is 216 g/mol. The molecule has 0 aliphatic carbocycles.